The van der Waals surface area contributed by atoms with Crippen molar-refractivity contribution in [3.63, 3.8) is 0 Å². The first-order chi connectivity index (χ1) is 12.7. The molecule has 3 aromatic heterocycles. The molecule has 6 nitrogen and oxygen atoms in total. The molecule has 0 aliphatic carbocycles. The summed E-state index contributed by atoms with van der Waals surface area (Å²) in [5.74, 6) is 1.14. The van der Waals surface area contributed by atoms with Gasteiger partial charge in [-0.25, -0.2) is 4.98 Å². The molecular formula is C19H16N4O2S. The number of H-pyrrole nitrogens is 1. The Morgan fingerprint density at radius 2 is 2.04 bits per heavy atom. The largest absolute Gasteiger partial charge is 0.494 e. The van der Waals surface area contributed by atoms with Crippen molar-refractivity contribution in [3.05, 3.63) is 63.7 Å². The van der Waals surface area contributed by atoms with Crippen LogP contribution in [0.25, 0.3) is 22.2 Å². The predicted molar refractivity (Wildman–Crippen MR) is 104 cm³/mol. The Bertz CT molecular complexity index is 1090. The Hall–Kier alpha value is -3.19. The number of nitrogens with one attached hydrogen (secondary N) is 2. The molecule has 0 fully saturated rings. The Morgan fingerprint density at radius 1 is 1.19 bits per heavy atom. The zero-order chi connectivity index (χ0) is 17.9. The molecule has 4 aromatic rings. The van der Waals surface area contributed by atoms with Gasteiger partial charge in [-0.15, -0.1) is 0 Å². The predicted octanol–water partition coefficient (Wildman–Crippen LogP) is 4.19. The Balaban J connectivity index is 1.70. The third kappa shape index (κ3) is 3.16. The molecule has 0 aliphatic rings. The standard InChI is InChI=1S/C19H16N4O2S/c1-2-25-14-5-3-13(4-6-14)21-19-22-17-16(18(24)23-19)15(7-9-20-17)12-8-10-26-11-12/h3-11H,2H2,1H3,(H2,20,21,22,23,24). The Morgan fingerprint density at radius 3 is 2.77 bits per heavy atom. The summed E-state index contributed by atoms with van der Waals surface area (Å²) in [5, 5.41) is 7.57. The Labute approximate surface area is 153 Å². The summed E-state index contributed by atoms with van der Waals surface area (Å²) in [4.78, 5) is 24.2. The van der Waals surface area contributed by atoms with Gasteiger partial charge in [0, 0.05) is 17.4 Å². The Kier molecular flexibility index (Phi) is 4.37. The van der Waals surface area contributed by atoms with Gasteiger partial charge in [0.05, 0.1) is 12.0 Å². The zero-order valence-corrected chi connectivity index (χ0v) is 14.8. The number of ether oxygens (including phenoxy) is 1. The second-order valence-corrected chi connectivity index (χ2v) is 6.35. The van der Waals surface area contributed by atoms with Gasteiger partial charge in [-0.1, -0.05) is 0 Å². The molecule has 3 heterocycles. The maximum Gasteiger partial charge on any atom is 0.262 e. The molecule has 0 saturated heterocycles. The first kappa shape index (κ1) is 16.3. The average Bonchev–Trinajstić information content (AvgIpc) is 3.18. The lowest BCUT2D eigenvalue weighted by molar-refractivity contribution is 0.340. The van der Waals surface area contributed by atoms with Crippen LogP contribution in [0.4, 0.5) is 11.6 Å². The lowest BCUT2D eigenvalue weighted by Crippen LogP contribution is -2.13. The molecule has 0 aliphatic heterocycles. The molecule has 0 atom stereocenters. The highest BCUT2D eigenvalue weighted by Gasteiger charge is 2.11. The van der Waals surface area contributed by atoms with Crippen LogP contribution < -0.4 is 15.6 Å². The monoisotopic (exact) mass is 364 g/mol. The van der Waals surface area contributed by atoms with Crippen LogP contribution in [0.3, 0.4) is 0 Å². The van der Waals surface area contributed by atoms with Gasteiger partial charge in [-0.3, -0.25) is 9.78 Å². The van der Waals surface area contributed by atoms with Crippen molar-refractivity contribution < 1.29 is 4.74 Å². The summed E-state index contributed by atoms with van der Waals surface area (Å²) in [5.41, 5.74) is 2.80. The number of nitrogens with zero attached hydrogens (tertiary/aromatic N) is 2. The van der Waals surface area contributed by atoms with E-state index in [-0.39, 0.29) is 5.56 Å². The molecule has 26 heavy (non-hydrogen) atoms. The summed E-state index contributed by atoms with van der Waals surface area (Å²) in [6.07, 6.45) is 1.67. The number of hydrogen-bond donors (Lipinski definition) is 2. The van der Waals surface area contributed by atoms with E-state index < -0.39 is 0 Å². The van der Waals surface area contributed by atoms with E-state index in [0.717, 1.165) is 22.6 Å². The second kappa shape index (κ2) is 6.97. The lowest BCUT2D eigenvalue weighted by atomic mass is 10.1. The fraction of sp³-hybridized carbons (Fsp3) is 0.105. The molecule has 0 bridgehead atoms. The topological polar surface area (TPSA) is 79.9 Å². The fourth-order valence-corrected chi connectivity index (χ4v) is 3.37. The lowest BCUT2D eigenvalue weighted by Gasteiger charge is -2.09. The van der Waals surface area contributed by atoms with Crippen molar-refractivity contribution in [1.82, 2.24) is 15.0 Å². The molecule has 0 saturated carbocycles. The molecule has 0 unspecified atom stereocenters. The highest BCUT2D eigenvalue weighted by atomic mass is 32.1. The molecule has 2 N–H and O–H groups in total. The number of fused-ring (bicyclic) bond motifs is 1. The third-order valence-corrected chi connectivity index (χ3v) is 4.55. The van der Waals surface area contributed by atoms with Crippen LogP contribution in [0.5, 0.6) is 5.75 Å². The number of hydrogen-bond acceptors (Lipinski definition) is 6. The molecule has 0 spiro atoms. The maximum atomic E-state index is 12.7. The SMILES string of the molecule is CCOc1ccc(Nc2nc3nccc(-c4ccsc4)c3c(=O)[nH]2)cc1. The molecule has 130 valence electrons. The van der Waals surface area contributed by atoms with E-state index in [1.165, 1.54) is 0 Å². The van der Waals surface area contributed by atoms with Gasteiger partial charge in [0.1, 0.15) is 5.75 Å². The highest BCUT2D eigenvalue weighted by Crippen LogP contribution is 2.27. The van der Waals surface area contributed by atoms with Crippen LogP contribution in [0.1, 0.15) is 6.92 Å². The maximum absolute atomic E-state index is 12.7. The van der Waals surface area contributed by atoms with Gasteiger partial charge < -0.3 is 10.1 Å². The number of anilines is 2. The van der Waals surface area contributed by atoms with E-state index in [1.54, 1.807) is 17.5 Å². The van der Waals surface area contributed by atoms with Crippen molar-refractivity contribution in [2.24, 2.45) is 0 Å². The normalized spacial score (nSPS) is 10.8. The summed E-state index contributed by atoms with van der Waals surface area (Å²) in [7, 11) is 0. The number of aromatic nitrogens is 3. The van der Waals surface area contributed by atoms with Crippen molar-refractivity contribution in [1.29, 1.82) is 0 Å². The molecule has 1 aromatic carbocycles. The fourth-order valence-electron chi connectivity index (χ4n) is 2.72. The summed E-state index contributed by atoms with van der Waals surface area (Å²) in [6.45, 7) is 2.55. The van der Waals surface area contributed by atoms with Gasteiger partial charge in [0.15, 0.2) is 5.65 Å². The van der Waals surface area contributed by atoms with Crippen LogP contribution in [0.2, 0.25) is 0 Å². The molecule has 0 radical (unpaired) electrons. The first-order valence-electron chi connectivity index (χ1n) is 8.16. The number of thiophene rings is 1. The summed E-state index contributed by atoms with van der Waals surface area (Å²) in [6, 6.07) is 11.3. The van der Waals surface area contributed by atoms with E-state index in [4.69, 9.17) is 4.74 Å². The number of benzene rings is 1. The van der Waals surface area contributed by atoms with Crippen LogP contribution in [-0.2, 0) is 0 Å². The molecule has 7 heteroatoms. The van der Waals surface area contributed by atoms with Gasteiger partial charge in [0.25, 0.3) is 5.56 Å². The van der Waals surface area contributed by atoms with Crippen LogP contribution in [0.15, 0.2) is 58.1 Å². The van der Waals surface area contributed by atoms with Crippen LogP contribution in [-0.4, -0.2) is 21.6 Å². The van der Waals surface area contributed by atoms with E-state index in [2.05, 4.69) is 20.3 Å². The van der Waals surface area contributed by atoms with E-state index in [1.807, 2.05) is 54.1 Å². The smallest absolute Gasteiger partial charge is 0.262 e. The third-order valence-electron chi connectivity index (χ3n) is 3.87. The molecule has 4 rings (SSSR count). The zero-order valence-electron chi connectivity index (χ0n) is 14.0. The van der Waals surface area contributed by atoms with Gasteiger partial charge in [0.2, 0.25) is 5.95 Å². The first-order valence-corrected chi connectivity index (χ1v) is 9.10. The average molecular weight is 364 g/mol. The van der Waals surface area contributed by atoms with Crippen molar-refractivity contribution in [2.45, 2.75) is 6.92 Å². The van der Waals surface area contributed by atoms with E-state index >= 15 is 0 Å². The minimum Gasteiger partial charge on any atom is -0.494 e. The number of aromatic amines is 1. The number of pyridine rings is 1. The number of rotatable bonds is 5. The van der Waals surface area contributed by atoms with Gasteiger partial charge in [-0.05, 0) is 59.6 Å². The minimum atomic E-state index is -0.224. The van der Waals surface area contributed by atoms with Crippen molar-refractivity contribution in [3.8, 4) is 16.9 Å². The minimum absolute atomic E-state index is 0.224. The summed E-state index contributed by atoms with van der Waals surface area (Å²) < 4.78 is 5.43. The van der Waals surface area contributed by atoms with Crippen molar-refractivity contribution >= 4 is 34.0 Å². The molecular weight excluding hydrogens is 348 g/mol. The van der Waals surface area contributed by atoms with Crippen LogP contribution in [0, 0.1) is 0 Å². The van der Waals surface area contributed by atoms with Gasteiger partial charge in [-0.2, -0.15) is 16.3 Å². The second-order valence-electron chi connectivity index (χ2n) is 5.57. The molecule has 0 amide bonds. The summed E-state index contributed by atoms with van der Waals surface area (Å²) >= 11 is 1.58. The highest BCUT2D eigenvalue weighted by molar-refractivity contribution is 7.08. The van der Waals surface area contributed by atoms with Crippen LogP contribution >= 0.6 is 11.3 Å². The van der Waals surface area contributed by atoms with Gasteiger partial charge >= 0.3 is 0 Å². The van der Waals surface area contributed by atoms with Crippen molar-refractivity contribution in [2.75, 3.05) is 11.9 Å². The quantitative estimate of drug-likeness (QED) is 0.555. The van der Waals surface area contributed by atoms with E-state index in [9.17, 15) is 4.79 Å². The van der Waals surface area contributed by atoms with E-state index in [0.29, 0.717) is 23.6 Å².